The van der Waals surface area contributed by atoms with Gasteiger partial charge in [0.2, 0.25) is 11.5 Å². The summed E-state index contributed by atoms with van der Waals surface area (Å²) in [5.41, 5.74) is 3.57. The van der Waals surface area contributed by atoms with E-state index in [1.807, 2.05) is 0 Å². The highest BCUT2D eigenvalue weighted by molar-refractivity contribution is 5.98. The first-order chi connectivity index (χ1) is 20.9. The number of likely N-dealkylation sites (tertiary alicyclic amines) is 2. The second-order valence-corrected chi connectivity index (χ2v) is 11.1. The Morgan fingerprint density at radius 2 is 1.80 bits per heavy atom. The summed E-state index contributed by atoms with van der Waals surface area (Å²) in [6.45, 7) is -1.50. The molecule has 0 saturated carbocycles. The van der Waals surface area contributed by atoms with Crippen LogP contribution in [0.4, 0.5) is 36.6 Å². The lowest BCUT2D eigenvalue weighted by atomic mass is 9.99. The van der Waals surface area contributed by atoms with Gasteiger partial charge >= 0.3 is 12.4 Å². The molecule has 244 valence electrons. The summed E-state index contributed by atoms with van der Waals surface area (Å²) < 4.78 is 99.8. The first-order valence-corrected chi connectivity index (χ1v) is 13.4. The van der Waals surface area contributed by atoms with Crippen LogP contribution in [0.1, 0.15) is 22.8 Å². The summed E-state index contributed by atoms with van der Waals surface area (Å²) >= 11 is 0. The fourth-order valence-electron chi connectivity index (χ4n) is 5.28. The van der Waals surface area contributed by atoms with Gasteiger partial charge in [-0.05, 0) is 24.6 Å². The van der Waals surface area contributed by atoms with E-state index < -0.39 is 61.0 Å². The van der Waals surface area contributed by atoms with E-state index in [-0.39, 0.29) is 49.4 Å². The van der Waals surface area contributed by atoms with E-state index in [1.165, 1.54) is 23.9 Å². The zero-order valence-electron chi connectivity index (χ0n) is 23.7. The molecule has 0 aromatic carbocycles. The van der Waals surface area contributed by atoms with Crippen molar-refractivity contribution in [3.05, 3.63) is 35.8 Å². The number of halogens is 7. The summed E-state index contributed by atoms with van der Waals surface area (Å²) in [5.74, 6) is -4.28. The molecule has 2 aliphatic heterocycles. The normalized spacial score (nSPS) is 21.1. The number of nitrogen functional groups attached to an aromatic ring is 1. The number of aromatic nitrogens is 4. The zero-order chi connectivity index (χ0) is 33.1. The molecule has 45 heavy (non-hydrogen) atoms. The molecule has 2 aliphatic rings. The van der Waals surface area contributed by atoms with E-state index in [0.717, 1.165) is 6.33 Å². The number of hydrogen-bond acceptors (Lipinski definition) is 9. The molecule has 0 aliphatic carbocycles. The number of hydrogen-bond donors (Lipinski definition) is 3. The molecule has 2 saturated heterocycles. The molecule has 0 radical (unpaired) electrons. The third kappa shape index (κ3) is 5.92. The van der Waals surface area contributed by atoms with Gasteiger partial charge in [0.15, 0.2) is 5.82 Å². The monoisotopic (exact) mass is 648 g/mol. The highest BCUT2D eigenvalue weighted by Gasteiger charge is 2.58. The molecule has 2 amide bonds. The zero-order valence-corrected chi connectivity index (χ0v) is 23.7. The number of amides is 2. The number of fused-ring (bicyclic) bond motifs is 1. The van der Waals surface area contributed by atoms with Crippen LogP contribution >= 0.6 is 0 Å². The largest absolute Gasteiger partial charge is 0.480 e. The summed E-state index contributed by atoms with van der Waals surface area (Å²) in [7, 11) is 1.21. The van der Waals surface area contributed by atoms with Crippen molar-refractivity contribution in [1.29, 1.82) is 0 Å². The first kappa shape index (κ1) is 32.1. The van der Waals surface area contributed by atoms with Crippen molar-refractivity contribution in [2.24, 2.45) is 5.92 Å². The standard InChI is InChI=1S/C26H27F7N8O4/c1-24(44,26(31,32)33)23(43)40-9-16(27)17(10-40)38-21(42)15-3-12(5-35-22(15)45-2)18-4-13(19-20(34)36-11-37-41(18)19)6-39-7-14(8-39)25(28,29)30/h3-5,11,14,16-17,44H,6-10H2,1-2H3,(H,38,42)(H2,34,36,37)/t16-,17+,24?/m0/s1. The van der Waals surface area contributed by atoms with Gasteiger partial charge in [0.1, 0.15) is 23.6 Å². The predicted molar refractivity (Wildman–Crippen MR) is 141 cm³/mol. The number of alkyl halides is 7. The van der Waals surface area contributed by atoms with Gasteiger partial charge in [0.25, 0.3) is 11.8 Å². The van der Waals surface area contributed by atoms with Gasteiger partial charge in [-0.15, -0.1) is 0 Å². The Balaban J connectivity index is 1.39. The maximum atomic E-state index is 14.8. The molecule has 5 rings (SSSR count). The Morgan fingerprint density at radius 1 is 1.11 bits per heavy atom. The molecule has 2 fully saturated rings. The SMILES string of the molecule is COc1ncc(-c2cc(CN3CC(C(F)(F)F)C3)c3c(N)ncnn23)cc1C(=O)N[C@@H]1CN(C(=O)C(C)(O)C(F)(F)F)C[C@@H]1F. The average molecular weight is 649 g/mol. The number of carbonyl (C=O) groups is 2. The van der Waals surface area contributed by atoms with Crippen LogP contribution in [0.2, 0.25) is 0 Å². The predicted octanol–water partition coefficient (Wildman–Crippen LogP) is 1.97. The molecule has 12 nitrogen and oxygen atoms in total. The Hall–Kier alpha value is -4.26. The van der Waals surface area contributed by atoms with E-state index in [9.17, 15) is 45.4 Å². The smallest absolute Gasteiger partial charge is 0.426 e. The number of pyridine rings is 1. The van der Waals surface area contributed by atoms with E-state index >= 15 is 0 Å². The van der Waals surface area contributed by atoms with Crippen molar-refractivity contribution in [2.75, 3.05) is 39.0 Å². The van der Waals surface area contributed by atoms with E-state index in [0.29, 0.717) is 21.7 Å². The quantitative estimate of drug-likeness (QED) is 0.327. The number of aliphatic hydroxyl groups is 1. The molecule has 0 spiro atoms. The maximum Gasteiger partial charge on any atom is 0.426 e. The number of nitrogens with one attached hydrogen (secondary N) is 1. The summed E-state index contributed by atoms with van der Waals surface area (Å²) in [5, 5.41) is 16.2. The van der Waals surface area contributed by atoms with Gasteiger partial charge in [-0.3, -0.25) is 14.5 Å². The summed E-state index contributed by atoms with van der Waals surface area (Å²) in [6.07, 6.45) is -9.09. The second-order valence-electron chi connectivity index (χ2n) is 11.1. The first-order valence-electron chi connectivity index (χ1n) is 13.4. The van der Waals surface area contributed by atoms with Crippen molar-refractivity contribution < 1.29 is 50.2 Å². The third-order valence-electron chi connectivity index (χ3n) is 7.88. The fourth-order valence-corrected chi connectivity index (χ4v) is 5.28. The number of carbonyl (C=O) groups excluding carboxylic acids is 2. The van der Waals surface area contributed by atoms with Crippen LogP contribution in [-0.2, 0) is 11.3 Å². The van der Waals surface area contributed by atoms with Crippen LogP contribution in [0.5, 0.6) is 5.88 Å². The highest BCUT2D eigenvalue weighted by atomic mass is 19.4. The minimum Gasteiger partial charge on any atom is -0.480 e. The van der Waals surface area contributed by atoms with Crippen LogP contribution in [0, 0.1) is 5.92 Å². The van der Waals surface area contributed by atoms with Gasteiger partial charge in [-0.2, -0.15) is 31.4 Å². The molecule has 3 aromatic heterocycles. The third-order valence-corrected chi connectivity index (χ3v) is 7.88. The number of nitrogens with zero attached hydrogens (tertiary/aromatic N) is 6. The molecular formula is C26H27F7N8O4. The lowest BCUT2D eigenvalue weighted by Gasteiger charge is -2.39. The number of methoxy groups -OCH3 is 1. The molecule has 4 N–H and O–H groups in total. The van der Waals surface area contributed by atoms with E-state index in [2.05, 4.69) is 20.4 Å². The van der Waals surface area contributed by atoms with Gasteiger partial charge in [-0.1, -0.05) is 0 Å². The van der Waals surface area contributed by atoms with Crippen molar-refractivity contribution >= 4 is 23.1 Å². The Kier molecular flexibility index (Phi) is 8.05. The molecule has 3 aromatic rings. The summed E-state index contributed by atoms with van der Waals surface area (Å²) in [4.78, 5) is 35.8. The van der Waals surface area contributed by atoms with Crippen LogP contribution in [0.25, 0.3) is 16.8 Å². The second kappa shape index (κ2) is 11.3. The Morgan fingerprint density at radius 3 is 2.42 bits per heavy atom. The molecule has 5 heterocycles. The molecule has 1 unspecified atom stereocenters. The number of ether oxygens (including phenoxy) is 1. The molecule has 19 heteroatoms. The van der Waals surface area contributed by atoms with Crippen LogP contribution in [0.3, 0.4) is 0 Å². The fraction of sp³-hybridized carbons (Fsp3) is 0.500. The number of rotatable bonds is 7. The van der Waals surface area contributed by atoms with E-state index in [1.54, 1.807) is 11.0 Å². The van der Waals surface area contributed by atoms with Gasteiger partial charge < -0.3 is 25.8 Å². The van der Waals surface area contributed by atoms with Crippen molar-refractivity contribution in [2.45, 2.75) is 43.6 Å². The Labute approximate surface area is 249 Å². The Bertz CT molecular complexity index is 1620. The maximum absolute atomic E-state index is 14.8. The minimum absolute atomic E-state index is 0.0532. The van der Waals surface area contributed by atoms with Crippen molar-refractivity contribution in [1.82, 2.24) is 34.7 Å². The van der Waals surface area contributed by atoms with Crippen molar-refractivity contribution in [3.63, 3.8) is 0 Å². The lowest BCUT2D eigenvalue weighted by molar-refractivity contribution is -0.249. The lowest BCUT2D eigenvalue weighted by Crippen LogP contribution is -2.56. The topological polar surface area (TPSA) is 151 Å². The van der Waals surface area contributed by atoms with Gasteiger partial charge in [0, 0.05) is 37.9 Å². The average Bonchev–Trinajstić information content (AvgIpc) is 3.49. The van der Waals surface area contributed by atoms with Crippen LogP contribution in [-0.4, -0.2) is 110 Å². The minimum atomic E-state index is -5.31. The summed E-state index contributed by atoms with van der Waals surface area (Å²) in [6, 6.07) is 1.51. The van der Waals surface area contributed by atoms with Gasteiger partial charge in [-0.25, -0.2) is 18.9 Å². The molecular weight excluding hydrogens is 621 g/mol. The van der Waals surface area contributed by atoms with Crippen LogP contribution in [0.15, 0.2) is 24.7 Å². The van der Waals surface area contributed by atoms with Crippen molar-refractivity contribution in [3.8, 4) is 17.1 Å². The number of nitrogens with two attached hydrogens (primary N) is 1. The molecule has 0 bridgehead atoms. The number of anilines is 1. The molecule has 3 atom stereocenters. The van der Waals surface area contributed by atoms with E-state index in [4.69, 9.17) is 10.5 Å². The van der Waals surface area contributed by atoms with Crippen LogP contribution < -0.4 is 15.8 Å². The highest BCUT2D eigenvalue weighted by Crippen LogP contribution is 2.37. The van der Waals surface area contributed by atoms with Gasteiger partial charge in [0.05, 0.1) is 31.3 Å².